The molecule has 2 aromatic rings. The van der Waals surface area contributed by atoms with Gasteiger partial charge in [-0.05, 0) is 17.7 Å². The van der Waals surface area contributed by atoms with Gasteiger partial charge >= 0.3 is 0 Å². The van der Waals surface area contributed by atoms with Crippen molar-refractivity contribution in [3.63, 3.8) is 0 Å². The first-order valence-electron chi connectivity index (χ1n) is 7.48. The van der Waals surface area contributed by atoms with Crippen LogP contribution in [0, 0.1) is 6.08 Å². The monoisotopic (exact) mass is 387 g/mol. The molecular weight excluding hydrogens is 370 g/mol. The van der Waals surface area contributed by atoms with Crippen molar-refractivity contribution in [2.24, 2.45) is 0 Å². The molecule has 126 valence electrons. The third kappa shape index (κ3) is 7.04. The van der Waals surface area contributed by atoms with Gasteiger partial charge in [0.25, 0.3) is 0 Å². The van der Waals surface area contributed by atoms with Gasteiger partial charge in [0, 0.05) is 19.5 Å². The summed E-state index contributed by atoms with van der Waals surface area (Å²) >= 11 is 0. The van der Waals surface area contributed by atoms with Gasteiger partial charge in [0.15, 0.2) is 5.75 Å². The van der Waals surface area contributed by atoms with Gasteiger partial charge < -0.3 is 19.4 Å². The Kier molecular flexibility index (Phi) is 9.45. The van der Waals surface area contributed by atoms with Crippen molar-refractivity contribution < 1.29 is 38.9 Å². The third-order valence-corrected chi connectivity index (χ3v) is 3.18. The molecule has 0 aliphatic carbocycles. The minimum atomic E-state index is -1.23. The van der Waals surface area contributed by atoms with Gasteiger partial charge in [-0.15, -0.1) is 6.07 Å². The number of rotatable bonds is 8. The fourth-order valence-electron chi connectivity index (χ4n) is 2.00. The molecule has 1 atom stereocenters. The van der Waals surface area contributed by atoms with E-state index in [1.54, 1.807) is 25.3 Å². The first-order valence-corrected chi connectivity index (χ1v) is 7.48. The van der Waals surface area contributed by atoms with Crippen LogP contribution in [0.3, 0.4) is 0 Å². The Balaban J connectivity index is 0.00000312. The minimum absolute atomic E-state index is 0. The van der Waals surface area contributed by atoms with Crippen molar-refractivity contribution in [1.29, 1.82) is 0 Å². The molecule has 25 heavy (non-hydrogen) atoms. The molecule has 0 aliphatic rings. The molecule has 0 bridgehead atoms. The number of carbonyl (C=O) groups excluding carboxylic acids is 1. The Morgan fingerprint density at radius 3 is 2.56 bits per heavy atom. The number of ether oxygens (including phenoxy) is 2. The number of aldehydes is 1. The van der Waals surface area contributed by atoms with Crippen molar-refractivity contribution in [2.45, 2.75) is 6.10 Å². The van der Waals surface area contributed by atoms with Gasteiger partial charge in [-0.1, -0.05) is 42.5 Å². The van der Waals surface area contributed by atoms with Gasteiger partial charge in [0.2, 0.25) is 0 Å². The van der Waals surface area contributed by atoms with Crippen LogP contribution < -0.4 is 9.47 Å². The molecular formula is C20H19O4Zn-. The van der Waals surface area contributed by atoms with Gasteiger partial charge in [-0.3, -0.25) is 0 Å². The summed E-state index contributed by atoms with van der Waals surface area (Å²) < 4.78 is 11.0. The van der Waals surface area contributed by atoms with E-state index in [1.807, 2.05) is 42.5 Å². The Bertz CT molecular complexity index is 711. The minimum Gasteiger partial charge on any atom is -0.494 e. The standard InChI is InChI=1S/C20H19O4.Zn/c1-23-20-14-17(9-11-18(22)15-21)10-12-19(20)24-13-5-8-16-6-3-2-4-7-16;/h2-10,12,14-15,18,22H,13H2,1H3;/q-1;/b8-5+;. The van der Waals surface area contributed by atoms with E-state index in [1.165, 1.54) is 6.08 Å². The first kappa shape index (κ1) is 20.8. The van der Waals surface area contributed by atoms with Crippen LogP contribution in [0.4, 0.5) is 0 Å². The number of benzene rings is 2. The van der Waals surface area contributed by atoms with E-state index in [2.05, 4.69) is 6.08 Å². The number of hydrogen-bond acceptors (Lipinski definition) is 4. The second-order valence-corrected chi connectivity index (χ2v) is 4.93. The van der Waals surface area contributed by atoms with Crippen LogP contribution in [0.1, 0.15) is 11.1 Å². The summed E-state index contributed by atoms with van der Waals surface area (Å²) in [6, 6.07) is 15.3. The predicted molar refractivity (Wildman–Crippen MR) is 93.7 cm³/mol. The van der Waals surface area contributed by atoms with Crippen molar-refractivity contribution >= 4 is 18.4 Å². The maximum Gasteiger partial charge on any atom is 0.158 e. The number of aliphatic hydroxyl groups is 1. The fourth-order valence-corrected chi connectivity index (χ4v) is 2.00. The summed E-state index contributed by atoms with van der Waals surface area (Å²) in [5.41, 5.74) is 1.86. The quantitative estimate of drug-likeness (QED) is 0.429. The first-order chi connectivity index (χ1) is 11.7. The molecule has 0 aromatic heterocycles. The van der Waals surface area contributed by atoms with E-state index >= 15 is 0 Å². The number of methoxy groups -OCH3 is 1. The van der Waals surface area contributed by atoms with Crippen LogP contribution in [-0.4, -0.2) is 31.2 Å². The van der Waals surface area contributed by atoms with E-state index in [4.69, 9.17) is 14.6 Å². The molecule has 2 rings (SSSR count). The van der Waals surface area contributed by atoms with Crippen LogP contribution in [-0.2, 0) is 24.3 Å². The molecule has 1 N–H and O–H groups in total. The normalized spacial score (nSPS) is 11.9. The second kappa shape index (κ2) is 11.3. The van der Waals surface area contributed by atoms with Crippen LogP contribution in [0.15, 0.2) is 54.6 Å². The molecule has 2 aromatic carbocycles. The zero-order valence-electron chi connectivity index (χ0n) is 14.1. The van der Waals surface area contributed by atoms with Crippen LogP contribution in [0.2, 0.25) is 0 Å². The summed E-state index contributed by atoms with van der Waals surface area (Å²) in [4.78, 5) is 10.4. The molecule has 0 spiro atoms. The number of aliphatic hydroxyl groups excluding tert-OH is 1. The van der Waals surface area contributed by atoms with Gasteiger partial charge in [-0.2, -0.15) is 5.56 Å². The van der Waals surface area contributed by atoms with Crippen molar-refractivity contribution in [1.82, 2.24) is 0 Å². The van der Waals surface area contributed by atoms with Crippen molar-refractivity contribution in [2.75, 3.05) is 13.7 Å². The number of hydrogen-bond donors (Lipinski definition) is 1. The van der Waals surface area contributed by atoms with E-state index < -0.39 is 6.10 Å². The Morgan fingerprint density at radius 1 is 1.12 bits per heavy atom. The summed E-state index contributed by atoms with van der Waals surface area (Å²) in [6.45, 7) is 0.413. The molecule has 0 heterocycles. The molecule has 4 nitrogen and oxygen atoms in total. The van der Waals surface area contributed by atoms with Crippen LogP contribution >= 0.6 is 0 Å². The maximum atomic E-state index is 10.4. The molecule has 0 radical (unpaired) electrons. The Morgan fingerprint density at radius 2 is 1.88 bits per heavy atom. The van der Waals surface area contributed by atoms with E-state index in [0.717, 1.165) is 11.1 Å². The average Bonchev–Trinajstić information content (AvgIpc) is 2.64. The van der Waals surface area contributed by atoms with Crippen molar-refractivity contribution in [3.8, 4) is 11.5 Å². The van der Waals surface area contributed by atoms with Crippen molar-refractivity contribution in [3.05, 3.63) is 71.8 Å². The average molecular weight is 389 g/mol. The molecule has 0 saturated carbocycles. The van der Waals surface area contributed by atoms with E-state index in [-0.39, 0.29) is 19.5 Å². The molecule has 0 aliphatic heterocycles. The number of carbonyl (C=O) groups is 1. The largest absolute Gasteiger partial charge is 0.494 e. The third-order valence-electron chi connectivity index (χ3n) is 3.18. The summed E-state index contributed by atoms with van der Waals surface area (Å²) in [5, 5.41) is 9.16. The molecule has 5 heteroatoms. The maximum absolute atomic E-state index is 10.4. The Hall–Kier alpha value is -2.23. The predicted octanol–water partition coefficient (Wildman–Crippen LogP) is 3.16. The molecule has 0 amide bonds. The zero-order valence-corrected chi connectivity index (χ0v) is 17.1. The van der Waals surface area contributed by atoms with Gasteiger partial charge in [0.1, 0.15) is 18.6 Å². The summed E-state index contributed by atoms with van der Waals surface area (Å²) in [5.74, 6) is 1.18. The summed E-state index contributed by atoms with van der Waals surface area (Å²) in [7, 11) is 1.56. The molecule has 0 saturated heterocycles. The summed E-state index contributed by atoms with van der Waals surface area (Å²) in [6.07, 6.45) is 7.17. The second-order valence-electron chi connectivity index (χ2n) is 4.93. The Labute approximate surface area is 160 Å². The van der Waals surface area contributed by atoms with Crippen LogP contribution in [0.25, 0.3) is 12.2 Å². The fraction of sp³-hybridized carbons (Fsp3) is 0.150. The molecule has 0 fully saturated rings. The smallest absolute Gasteiger partial charge is 0.158 e. The van der Waals surface area contributed by atoms with E-state index in [0.29, 0.717) is 24.4 Å². The zero-order chi connectivity index (χ0) is 17.2. The topological polar surface area (TPSA) is 55.8 Å². The van der Waals surface area contributed by atoms with Crippen LogP contribution in [0.5, 0.6) is 11.5 Å². The molecule has 1 unspecified atom stereocenters. The van der Waals surface area contributed by atoms with E-state index in [9.17, 15) is 4.79 Å². The van der Waals surface area contributed by atoms with Gasteiger partial charge in [-0.25, -0.2) is 12.2 Å². The SMILES string of the molecule is COc1cc(C=[C-]C(O)C=O)ccc1OC/C=C/c1ccccc1.[Zn]. The van der Waals surface area contributed by atoms with Gasteiger partial charge in [0.05, 0.1) is 13.2 Å².